The van der Waals surface area contributed by atoms with Crippen molar-refractivity contribution in [3.05, 3.63) is 46.8 Å². The third-order valence-electron chi connectivity index (χ3n) is 5.32. The van der Waals surface area contributed by atoms with E-state index in [1.165, 1.54) is 0 Å². The second-order valence-electron chi connectivity index (χ2n) is 7.41. The van der Waals surface area contributed by atoms with E-state index < -0.39 is 0 Å². The summed E-state index contributed by atoms with van der Waals surface area (Å²) in [5.41, 5.74) is 2.76. The van der Waals surface area contributed by atoms with Gasteiger partial charge >= 0.3 is 0 Å². The van der Waals surface area contributed by atoms with Crippen LogP contribution in [0.3, 0.4) is 0 Å². The highest BCUT2D eigenvalue weighted by molar-refractivity contribution is 6.31. The number of nitrogens with zero attached hydrogens (tertiary/aromatic N) is 4. The fourth-order valence-electron chi connectivity index (χ4n) is 3.64. The van der Waals surface area contributed by atoms with E-state index in [0.29, 0.717) is 24.8 Å². The van der Waals surface area contributed by atoms with Crippen molar-refractivity contribution in [2.45, 2.75) is 40.2 Å². The van der Waals surface area contributed by atoms with Crippen molar-refractivity contribution in [3.63, 3.8) is 0 Å². The molecule has 3 rings (SSSR count). The lowest BCUT2D eigenvalue weighted by atomic mass is 10.2. The molecule has 0 aliphatic carbocycles. The van der Waals surface area contributed by atoms with E-state index in [2.05, 4.69) is 23.0 Å². The molecule has 1 saturated heterocycles. The number of benzene rings is 1. The van der Waals surface area contributed by atoms with Gasteiger partial charge in [0.05, 0.1) is 18.0 Å². The zero-order chi connectivity index (χ0) is 21.5. The number of aryl methyl sites for hydroxylation is 2. The van der Waals surface area contributed by atoms with E-state index in [1.54, 1.807) is 12.2 Å². The Hall–Kier alpha value is -2.47. The van der Waals surface area contributed by atoms with Crippen LogP contribution in [0.4, 0.5) is 5.69 Å². The number of unbranched alkanes of at least 4 members (excludes halogenated alkanes) is 1. The Labute approximate surface area is 184 Å². The van der Waals surface area contributed by atoms with Gasteiger partial charge in [-0.1, -0.05) is 37.1 Å². The number of carbonyl (C=O) groups excluding carboxylic acids is 1. The van der Waals surface area contributed by atoms with Crippen molar-refractivity contribution in [3.8, 4) is 5.75 Å². The second kappa shape index (κ2) is 10.5. The first-order valence-electron chi connectivity index (χ1n) is 10.7. The lowest BCUT2D eigenvalue weighted by Crippen LogP contribution is -2.48. The molecular weight excluding hydrogens is 400 g/mol. The summed E-state index contributed by atoms with van der Waals surface area (Å²) in [6.45, 7) is 10.4. The fourth-order valence-corrected chi connectivity index (χ4v) is 3.96. The molecule has 1 aromatic heterocycles. The number of halogens is 1. The van der Waals surface area contributed by atoms with Gasteiger partial charge in [0, 0.05) is 44.4 Å². The first-order chi connectivity index (χ1) is 14.5. The van der Waals surface area contributed by atoms with Gasteiger partial charge in [-0.3, -0.25) is 9.48 Å². The summed E-state index contributed by atoms with van der Waals surface area (Å²) < 4.78 is 7.57. The molecule has 7 heteroatoms. The third-order valence-corrected chi connectivity index (χ3v) is 5.72. The smallest absolute Gasteiger partial charge is 0.246 e. The summed E-state index contributed by atoms with van der Waals surface area (Å²) in [6.07, 6.45) is 5.52. The predicted molar refractivity (Wildman–Crippen MR) is 122 cm³/mol. The monoisotopic (exact) mass is 430 g/mol. The maximum atomic E-state index is 12.7. The predicted octanol–water partition coefficient (Wildman–Crippen LogP) is 4.41. The highest BCUT2D eigenvalue weighted by Gasteiger charge is 2.22. The standard InChI is InChI=1S/C23H31ClN4O2/c1-4-6-13-28-23(24)19(18(3)25-28)11-12-22(29)27-16-14-26(15-17-27)20-9-7-8-10-21(20)30-5-2/h7-12H,4-6,13-17H2,1-3H3/b12-11+. The van der Waals surface area contributed by atoms with Gasteiger partial charge in [-0.15, -0.1) is 0 Å². The van der Waals surface area contributed by atoms with Crippen LogP contribution in [0.25, 0.3) is 6.08 Å². The molecular formula is C23H31ClN4O2. The molecule has 1 amide bonds. The second-order valence-corrected chi connectivity index (χ2v) is 7.77. The van der Waals surface area contributed by atoms with Gasteiger partial charge in [-0.2, -0.15) is 5.10 Å². The Morgan fingerprint density at radius 2 is 1.93 bits per heavy atom. The highest BCUT2D eigenvalue weighted by atomic mass is 35.5. The van der Waals surface area contributed by atoms with Gasteiger partial charge in [-0.05, 0) is 38.5 Å². The van der Waals surface area contributed by atoms with Crippen molar-refractivity contribution in [1.82, 2.24) is 14.7 Å². The first-order valence-corrected chi connectivity index (χ1v) is 11.1. The Bertz CT molecular complexity index is 885. The van der Waals surface area contributed by atoms with Crippen LogP contribution < -0.4 is 9.64 Å². The summed E-state index contributed by atoms with van der Waals surface area (Å²) >= 11 is 6.47. The average Bonchev–Trinajstić information content (AvgIpc) is 3.04. The molecule has 0 N–H and O–H groups in total. The van der Waals surface area contributed by atoms with Gasteiger partial charge in [-0.25, -0.2) is 0 Å². The molecule has 0 saturated carbocycles. The molecule has 2 aromatic rings. The van der Waals surface area contributed by atoms with Crippen LogP contribution in [0, 0.1) is 6.92 Å². The van der Waals surface area contributed by atoms with Crippen LogP contribution in [0.1, 0.15) is 37.9 Å². The number of amides is 1. The van der Waals surface area contributed by atoms with Crippen molar-refractivity contribution in [2.24, 2.45) is 0 Å². The van der Waals surface area contributed by atoms with E-state index in [9.17, 15) is 4.79 Å². The summed E-state index contributed by atoms with van der Waals surface area (Å²) in [5.74, 6) is 0.898. The first kappa shape index (κ1) is 22.2. The molecule has 1 aliphatic rings. The van der Waals surface area contributed by atoms with Crippen LogP contribution in [0.5, 0.6) is 5.75 Å². The van der Waals surface area contributed by atoms with Gasteiger partial charge < -0.3 is 14.5 Å². The van der Waals surface area contributed by atoms with Crippen molar-refractivity contribution < 1.29 is 9.53 Å². The summed E-state index contributed by atoms with van der Waals surface area (Å²) in [5, 5.41) is 5.09. The zero-order valence-electron chi connectivity index (χ0n) is 18.1. The van der Waals surface area contributed by atoms with Crippen LogP contribution in [0.2, 0.25) is 5.15 Å². The number of hydrogen-bond acceptors (Lipinski definition) is 4. The van der Waals surface area contributed by atoms with Crippen LogP contribution in [-0.2, 0) is 11.3 Å². The molecule has 0 unspecified atom stereocenters. The fraction of sp³-hybridized carbons (Fsp3) is 0.478. The molecule has 0 atom stereocenters. The number of para-hydroxylation sites is 2. The molecule has 1 aliphatic heterocycles. The van der Waals surface area contributed by atoms with Gasteiger partial charge in [0.25, 0.3) is 0 Å². The van der Waals surface area contributed by atoms with E-state index in [1.807, 2.05) is 41.6 Å². The van der Waals surface area contributed by atoms with Gasteiger partial charge in [0.1, 0.15) is 10.9 Å². The number of hydrogen-bond donors (Lipinski definition) is 0. The Balaban J connectivity index is 1.60. The molecule has 162 valence electrons. The number of rotatable bonds is 8. The molecule has 1 fully saturated rings. The lowest BCUT2D eigenvalue weighted by molar-refractivity contribution is -0.126. The summed E-state index contributed by atoms with van der Waals surface area (Å²) in [6, 6.07) is 8.07. The maximum Gasteiger partial charge on any atom is 0.246 e. The summed E-state index contributed by atoms with van der Waals surface area (Å²) in [4.78, 5) is 16.9. The zero-order valence-corrected chi connectivity index (χ0v) is 18.9. The molecule has 0 bridgehead atoms. The van der Waals surface area contributed by atoms with Crippen molar-refractivity contribution in [1.29, 1.82) is 0 Å². The Morgan fingerprint density at radius 3 is 2.63 bits per heavy atom. The normalized spacial score (nSPS) is 14.5. The largest absolute Gasteiger partial charge is 0.492 e. The van der Waals surface area contributed by atoms with E-state index in [4.69, 9.17) is 16.3 Å². The van der Waals surface area contributed by atoms with Crippen molar-refractivity contribution in [2.75, 3.05) is 37.7 Å². The molecule has 1 aromatic carbocycles. The number of carbonyl (C=O) groups is 1. The number of ether oxygens (including phenoxy) is 1. The van der Waals surface area contributed by atoms with Gasteiger partial charge in [0.2, 0.25) is 5.91 Å². The van der Waals surface area contributed by atoms with Crippen LogP contribution >= 0.6 is 11.6 Å². The SMILES string of the molecule is CCCCn1nc(C)c(/C=C/C(=O)N2CCN(c3ccccc3OCC)CC2)c1Cl. The summed E-state index contributed by atoms with van der Waals surface area (Å²) in [7, 11) is 0. The molecule has 6 nitrogen and oxygen atoms in total. The van der Waals surface area contributed by atoms with Crippen LogP contribution in [0.15, 0.2) is 30.3 Å². The quantitative estimate of drug-likeness (QED) is 0.582. The number of piperazine rings is 1. The lowest BCUT2D eigenvalue weighted by Gasteiger charge is -2.36. The minimum Gasteiger partial charge on any atom is -0.492 e. The Kier molecular flexibility index (Phi) is 7.80. The Morgan fingerprint density at radius 1 is 1.20 bits per heavy atom. The highest BCUT2D eigenvalue weighted by Crippen LogP contribution is 2.29. The topological polar surface area (TPSA) is 50.6 Å². The van der Waals surface area contributed by atoms with Crippen molar-refractivity contribution >= 4 is 29.3 Å². The molecule has 0 radical (unpaired) electrons. The average molecular weight is 431 g/mol. The molecule has 0 spiro atoms. The number of anilines is 1. The van der Waals surface area contributed by atoms with E-state index in [-0.39, 0.29) is 5.91 Å². The minimum atomic E-state index is 0.00418. The third kappa shape index (κ3) is 5.17. The van der Waals surface area contributed by atoms with E-state index >= 15 is 0 Å². The van der Waals surface area contributed by atoms with Gasteiger partial charge in [0.15, 0.2) is 0 Å². The number of aromatic nitrogens is 2. The van der Waals surface area contributed by atoms with Crippen LogP contribution in [-0.4, -0.2) is 53.4 Å². The van der Waals surface area contributed by atoms with E-state index in [0.717, 1.165) is 55.2 Å². The molecule has 30 heavy (non-hydrogen) atoms. The maximum absolute atomic E-state index is 12.7. The minimum absolute atomic E-state index is 0.00418. The molecule has 2 heterocycles.